The molecule has 0 radical (unpaired) electrons. The summed E-state index contributed by atoms with van der Waals surface area (Å²) < 4.78 is 17.0. The Balaban J connectivity index is 1.75. The van der Waals surface area contributed by atoms with E-state index in [1.807, 2.05) is 31.3 Å². The zero-order valence-corrected chi connectivity index (χ0v) is 14.6. The predicted octanol–water partition coefficient (Wildman–Crippen LogP) is 3.52. The van der Waals surface area contributed by atoms with Crippen molar-refractivity contribution in [3.05, 3.63) is 45.9 Å². The molecule has 5 nitrogen and oxygen atoms in total. The molecule has 23 heavy (non-hydrogen) atoms. The molecule has 1 aliphatic rings. The zero-order chi connectivity index (χ0) is 16.4. The molecular formula is C17H18BrNO4. The van der Waals surface area contributed by atoms with Crippen LogP contribution in [-0.2, 0) is 13.1 Å². The molecule has 2 aromatic carbocycles. The van der Waals surface area contributed by atoms with Crippen molar-refractivity contribution in [2.24, 2.45) is 0 Å². The average molecular weight is 380 g/mol. The van der Waals surface area contributed by atoms with Gasteiger partial charge in [0.15, 0.2) is 11.5 Å². The van der Waals surface area contributed by atoms with Gasteiger partial charge in [0, 0.05) is 34.8 Å². The zero-order valence-electron chi connectivity index (χ0n) is 13.0. The summed E-state index contributed by atoms with van der Waals surface area (Å²) in [6, 6.07) is 9.35. The van der Waals surface area contributed by atoms with Crippen LogP contribution in [0, 0.1) is 0 Å². The highest BCUT2D eigenvalue weighted by Gasteiger charge is 2.18. The predicted molar refractivity (Wildman–Crippen MR) is 90.1 cm³/mol. The third kappa shape index (κ3) is 3.54. The molecule has 1 N–H and O–H groups in total. The van der Waals surface area contributed by atoms with Crippen LogP contribution < -0.4 is 14.2 Å². The molecule has 0 amide bonds. The number of phenolic OH excluding ortho intramolecular Hbond substituents is 1. The van der Waals surface area contributed by atoms with E-state index in [2.05, 4.69) is 20.8 Å². The Hall–Kier alpha value is -1.92. The maximum Gasteiger partial charge on any atom is 0.231 e. The second-order valence-electron chi connectivity index (χ2n) is 5.46. The Morgan fingerprint density at radius 2 is 1.83 bits per heavy atom. The number of hydrogen-bond donors (Lipinski definition) is 1. The van der Waals surface area contributed by atoms with Gasteiger partial charge in [-0.2, -0.15) is 0 Å². The number of aromatic hydroxyl groups is 1. The summed E-state index contributed by atoms with van der Waals surface area (Å²) in [5.41, 5.74) is 1.87. The summed E-state index contributed by atoms with van der Waals surface area (Å²) in [6.07, 6.45) is 0. The average Bonchev–Trinajstić information content (AvgIpc) is 2.95. The number of phenols is 1. The number of methoxy groups -OCH3 is 1. The van der Waals surface area contributed by atoms with Crippen molar-refractivity contribution < 1.29 is 19.3 Å². The highest BCUT2D eigenvalue weighted by molar-refractivity contribution is 9.10. The molecule has 0 fully saturated rings. The maximum absolute atomic E-state index is 10.1. The van der Waals surface area contributed by atoms with Crippen molar-refractivity contribution in [1.29, 1.82) is 0 Å². The van der Waals surface area contributed by atoms with Crippen LogP contribution in [0.15, 0.2) is 34.8 Å². The molecule has 2 aromatic rings. The third-order valence-corrected chi connectivity index (χ3v) is 4.19. The first-order valence-electron chi connectivity index (χ1n) is 7.19. The van der Waals surface area contributed by atoms with E-state index in [1.165, 1.54) is 0 Å². The lowest BCUT2D eigenvalue weighted by Gasteiger charge is -2.19. The molecule has 0 aromatic heterocycles. The molecule has 6 heteroatoms. The monoisotopic (exact) mass is 379 g/mol. The fraction of sp³-hybridized carbons (Fsp3) is 0.294. The van der Waals surface area contributed by atoms with Gasteiger partial charge >= 0.3 is 0 Å². The van der Waals surface area contributed by atoms with Crippen LogP contribution in [0.25, 0.3) is 0 Å². The fourth-order valence-electron chi connectivity index (χ4n) is 2.61. The van der Waals surface area contributed by atoms with E-state index in [9.17, 15) is 5.11 Å². The topological polar surface area (TPSA) is 51.2 Å². The molecule has 0 spiro atoms. The number of hydrogen-bond acceptors (Lipinski definition) is 5. The van der Waals surface area contributed by atoms with Gasteiger partial charge in [-0.25, -0.2) is 0 Å². The fourth-order valence-corrected chi connectivity index (χ4v) is 3.02. The van der Waals surface area contributed by atoms with Gasteiger partial charge in [-0.1, -0.05) is 15.9 Å². The van der Waals surface area contributed by atoms with Gasteiger partial charge < -0.3 is 19.3 Å². The first-order valence-corrected chi connectivity index (χ1v) is 7.98. The summed E-state index contributed by atoms with van der Waals surface area (Å²) in [5.74, 6) is 2.31. The van der Waals surface area contributed by atoms with E-state index >= 15 is 0 Å². The molecule has 3 rings (SSSR count). The van der Waals surface area contributed by atoms with Gasteiger partial charge in [0.1, 0.15) is 11.5 Å². The molecule has 1 aliphatic heterocycles. The van der Waals surface area contributed by atoms with Gasteiger partial charge in [-0.05, 0) is 31.3 Å². The third-order valence-electron chi connectivity index (χ3n) is 3.70. The molecular weight excluding hydrogens is 362 g/mol. The Labute approximate surface area is 143 Å². The summed E-state index contributed by atoms with van der Waals surface area (Å²) in [7, 11) is 3.65. The quantitative estimate of drug-likeness (QED) is 0.860. The molecule has 0 saturated heterocycles. The van der Waals surface area contributed by atoms with Crippen LogP contribution >= 0.6 is 15.9 Å². The Bertz CT molecular complexity index is 720. The minimum atomic E-state index is 0.198. The van der Waals surface area contributed by atoms with Crippen LogP contribution in [0.4, 0.5) is 0 Å². The summed E-state index contributed by atoms with van der Waals surface area (Å²) >= 11 is 3.48. The highest BCUT2D eigenvalue weighted by Crippen LogP contribution is 2.38. The van der Waals surface area contributed by atoms with E-state index in [0.717, 1.165) is 21.3 Å². The Morgan fingerprint density at radius 3 is 2.57 bits per heavy atom. The highest BCUT2D eigenvalue weighted by atomic mass is 79.9. The number of rotatable bonds is 5. The number of benzene rings is 2. The molecule has 0 unspecified atom stereocenters. The lowest BCUT2D eigenvalue weighted by Crippen LogP contribution is -2.17. The van der Waals surface area contributed by atoms with E-state index in [4.69, 9.17) is 14.2 Å². The number of nitrogens with zero attached hydrogens (tertiary/aromatic N) is 1. The van der Waals surface area contributed by atoms with E-state index in [1.54, 1.807) is 13.2 Å². The van der Waals surface area contributed by atoms with E-state index in [0.29, 0.717) is 24.6 Å². The van der Waals surface area contributed by atoms with Crippen molar-refractivity contribution in [1.82, 2.24) is 4.90 Å². The maximum atomic E-state index is 10.1. The Kier molecular flexibility index (Phi) is 4.63. The van der Waals surface area contributed by atoms with Crippen LogP contribution in [0.3, 0.4) is 0 Å². The van der Waals surface area contributed by atoms with Crippen molar-refractivity contribution in [2.45, 2.75) is 13.1 Å². The molecule has 1 heterocycles. The van der Waals surface area contributed by atoms with Gasteiger partial charge in [0.2, 0.25) is 6.79 Å². The van der Waals surface area contributed by atoms with Gasteiger partial charge in [0.05, 0.1) is 7.11 Å². The molecule has 0 atom stereocenters. The molecule has 0 aliphatic carbocycles. The minimum absolute atomic E-state index is 0.198. The number of fused-ring (bicyclic) bond motifs is 1. The van der Waals surface area contributed by atoms with Gasteiger partial charge in [0.25, 0.3) is 0 Å². The van der Waals surface area contributed by atoms with Crippen LogP contribution in [0.2, 0.25) is 0 Å². The Morgan fingerprint density at radius 1 is 1.13 bits per heavy atom. The summed E-state index contributed by atoms with van der Waals surface area (Å²) in [4.78, 5) is 2.10. The standard InChI is InChI=1S/C17H18BrNO4/c1-19(9-12-5-13(18)3-4-15(12)21-2)8-11-6-16-17(7-14(11)20)23-10-22-16/h3-7,20H,8-10H2,1-2H3. The van der Waals surface area contributed by atoms with Crippen LogP contribution in [-0.4, -0.2) is 31.0 Å². The first kappa shape index (κ1) is 16.0. The number of ether oxygens (including phenoxy) is 3. The van der Waals surface area contributed by atoms with Crippen molar-refractivity contribution in [3.63, 3.8) is 0 Å². The lowest BCUT2D eigenvalue weighted by molar-refractivity contribution is 0.174. The van der Waals surface area contributed by atoms with Crippen LogP contribution in [0.1, 0.15) is 11.1 Å². The van der Waals surface area contributed by atoms with E-state index in [-0.39, 0.29) is 12.5 Å². The van der Waals surface area contributed by atoms with Crippen molar-refractivity contribution in [3.8, 4) is 23.0 Å². The largest absolute Gasteiger partial charge is 0.507 e. The van der Waals surface area contributed by atoms with Crippen molar-refractivity contribution >= 4 is 15.9 Å². The smallest absolute Gasteiger partial charge is 0.231 e. The molecule has 0 bridgehead atoms. The van der Waals surface area contributed by atoms with Gasteiger partial charge in [-0.15, -0.1) is 0 Å². The summed E-state index contributed by atoms with van der Waals surface area (Å²) in [6.45, 7) is 1.47. The van der Waals surface area contributed by atoms with Crippen LogP contribution in [0.5, 0.6) is 23.0 Å². The van der Waals surface area contributed by atoms with Gasteiger partial charge in [-0.3, -0.25) is 4.90 Å². The number of halogens is 1. The minimum Gasteiger partial charge on any atom is -0.507 e. The molecule has 0 saturated carbocycles. The lowest BCUT2D eigenvalue weighted by atomic mass is 10.1. The SMILES string of the molecule is COc1ccc(Br)cc1CN(C)Cc1cc2c(cc1O)OCO2. The van der Waals surface area contributed by atoms with E-state index < -0.39 is 0 Å². The second-order valence-corrected chi connectivity index (χ2v) is 6.38. The first-order chi connectivity index (χ1) is 11.1. The normalized spacial score (nSPS) is 12.7. The molecule has 122 valence electrons. The van der Waals surface area contributed by atoms with Crippen molar-refractivity contribution in [2.75, 3.05) is 21.0 Å². The summed E-state index contributed by atoms with van der Waals surface area (Å²) in [5, 5.41) is 10.1. The second kappa shape index (κ2) is 6.68.